The zero-order chi connectivity index (χ0) is 16.8. The fraction of sp³-hybridized carbons (Fsp3) is 0.278. The molecule has 0 spiro atoms. The summed E-state index contributed by atoms with van der Waals surface area (Å²) in [5, 5.41) is 12.4. The van der Waals surface area contributed by atoms with Crippen LogP contribution in [0.15, 0.2) is 42.5 Å². The molecule has 0 saturated carbocycles. The summed E-state index contributed by atoms with van der Waals surface area (Å²) in [4.78, 5) is 12.2. The maximum atomic E-state index is 12.2. The summed E-state index contributed by atoms with van der Waals surface area (Å²) in [5.74, 6) is 1.08. The van der Waals surface area contributed by atoms with Crippen LogP contribution in [0.5, 0.6) is 11.5 Å². The summed E-state index contributed by atoms with van der Waals surface area (Å²) in [6.45, 7) is 1.69. The van der Waals surface area contributed by atoms with E-state index >= 15 is 0 Å². The van der Waals surface area contributed by atoms with Crippen molar-refractivity contribution < 1.29 is 19.4 Å². The van der Waals surface area contributed by atoms with E-state index in [-0.39, 0.29) is 12.3 Å². The second-order valence-corrected chi connectivity index (χ2v) is 5.22. The summed E-state index contributed by atoms with van der Waals surface area (Å²) in [7, 11) is 3.13. The molecule has 5 nitrogen and oxygen atoms in total. The summed E-state index contributed by atoms with van der Waals surface area (Å²) in [5.41, 5.74) is 2.25. The number of ether oxygens (including phenoxy) is 2. The van der Waals surface area contributed by atoms with Crippen LogP contribution in [0.4, 0.5) is 5.69 Å². The average molecular weight is 315 g/mol. The highest BCUT2D eigenvalue weighted by Gasteiger charge is 2.09. The Hall–Kier alpha value is -2.53. The summed E-state index contributed by atoms with van der Waals surface area (Å²) >= 11 is 0. The Morgan fingerprint density at radius 2 is 1.87 bits per heavy atom. The molecule has 0 aliphatic carbocycles. The minimum Gasteiger partial charge on any atom is -0.493 e. The number of rotatable bonds is 6. The van der Waals surface area contributed by atoms with Crippen molar-refractivity contribution in [1.29, 1.82) is 0 Å². The highest BCUT2D eigenvalue weighted by Crippen LogP contribution is 2.27. The van der Waals surface area contributed by atoms with Gasteiger partial charge in [-0.05, 0) is 42.3 Å². The number of aliphatic hydroxyl groups is 1. The smallest absolute Gasteiger partial charge is 0.228 e. The van der Waals surface area contributed by atoms with Gasteiger partial charge in [-0.2, -0.15) is 0 Å². The van der Waals surface area contributed by atoms with Gasteiger partial charge in [-0.25, -0.2) is 0 Å². The van der Waals surface area contributed by atoms with Crippen LogP contribution in [0.1, 0.15) is 24.2 Å². The van der Waals surface area contributed by atoms with Gasteiger partial charge in [0.15, 0.2) is 11.5 Å². The molecule has 2 N–H and O–H groups in total. The van der Waals surface area contributed by atoms with Crippen LogP contribution >= 0.6 is 0 Å². The monoisotopic (exact) mass is 315 g/mol. The number of carbonyl (C=O) groups excluding carboxylic acids is 1. The number of hydrogen-bond acceptors (Lipinski definition) is 4. The van der Waals surface area contributed by atoms with E-state index in [0.29, 0.717) is 17.2 Å². The molecule has 1 amide bonds. The van der Waals surface area contributed by atoms with Crippen LogP contribution in [0.3, 0.4) is 0 Å². The molecule has 0 fully saturated rings. The van der Waals surface area contributed by atoms with Crippen molar-refractivity contribution in [3.05, 3.63) is 53.6 Å². The quantitative estimate of drug-likeness (QED) is 0.860. The number of nitrogens with one attached hydrogen (secondary N) is 1. The van der Waals surface area contributed by atoms with Gasteiger partial charge in [0, 0.05) is 5.69 Å². The normalized spacial score (nSPS) is 11.7. The molecular formula is C18H21NO4. The van der Waals surface area contributed by atoms with E-state index in [1.165, 1.54) is 0 Å². The molecule has 1 atom stereocenters. The van der Waals surface area contributed by atoms with E-state index in [2.05, 4.69) is 5.32 Å². The lowest BCUT2D eigenvalue weighted by molar-refractivity contribution is -0.115. The van der Waals surface area contributed by atoms with Gasteiger partial charge in [0.25, 0.3) is 0 Å². The molecule has 2 aromatic carbocycles. The van der Waals surface area contributed by atoms with Crippen molar-refractivity contribution in [2.45, 2.75) is 19.4 Å². The van der Waals surface area contributed by atoms with E-state index in [9.17, 15) is 9.90 Å². The third kappa shape index (κ3) is 4.47. The molecule has 122 valence electrons. The van der Waals surface area contributed by atoms with E-state index in [0.717, 1.165) is 11.1 Å². The first kappa shape index (κ1) is 16.8. The molecule has 5 heteroatoms. The first-order chi connectivity index (χ1) is 11.0. The zero-order valence-electron chi connectivity index (χ0n) is 13.5. The van der Waals surface area contributed by atoms with E-state index < -0.39 is 6.10 Å². The average Bonchev–Trinajstić information content (AvgIpc) is 2.54. The fourth-order valence-electron chi connectivity index (χ4n) is 2.26. The van der Waals surface area contributed by atoms with Gasteiger partial charge >= 0.3 is 0 Å². The Labute approximate surface area is 135 Å². The maximum Gasteiger partial charge on any atom is 0.228 e. The van der Waals surface area contributed by atoms with Gasteiger partial charge in [0.1, 0.15) is 0 Å². The van der Waals surface area contributed by atoms with Gasteiger partial charge in [-0.3, -0.25) is 4.79 Å². The predicted molar refractivity (Wildman–Crippen MR) is 89.0 cm³/mol. The second kappa shape index (κ2) is 7.65. The number of methoxy groups -OCH3 is 2. The van der Waals surface area contributed by atoms with Crippen LogP contribution in [0.2, 0.25) is 0 Å². The topological polar surface area (TPSA) is 67.8 Å². The van der Waals surface area contributed by atoms with Crippen LogP contribution in [0, 0.1) is 0 Å². The van der Waals surface area contributed by atoms with Crippen LogP contribution in [-0.4, -0.2) is 25.2 Å². The summed E-state index contributed by atoms with van der Waals surface area (Å²) in [6.07, 6.45) is -0.350. The largest absolute Gasteiger partial charge is 0.493 e. The molecule has 0 radical (unpaired) electrons. The number of amides is 1. The highest BCUT2D eigenvalue weighted by molar-refractivity contribution is 5.92. The van der Waals surface area contributed by atoms with Crippen molar-refractivity contribution in [3.8, 4) is 11.5 Å². The lowest BCUT2D eigenvalue weighted by Crippen LogP contribution is -2.14. The molecule has 2 aromatic rings. The molecule has 0 bridgehead atoms. The molecule has 0 aliphatic heterocycles. The van der Waals surface area contributed by atoms with Crippen LogP contribution < -0.4 is 14.8 Å². The number of anilines is 1. The molecular weight excluding hydrogens is 294 g/mol. The van der Waals surface area contributed by atoms with Crippen LogP contribution in [0.25, 0.3) is 0 Å². The zero-order valence-corrected chi connectivity index (χ0v) is 13.5. The van der Waals surface area contributed by atoms with Gasteiger partial charge in [-0.15, -0.1) is 0 Å². The molecule has 2 rings (SSSR count). The first-order valence-corrected chi connectivity index (χ1v) is 7.32. The fourth-order valence-corrected chi connectivity index (χ4v) is 2.26. The number of benzene rings is 2. The predicted octanol–water partition coefficient (Wildman–Crippen LogP) is 2.94. The minimum absolute atomic E-state index is 0.139. The van der Waals surface area contributed by atoms with E-state index in [1.807, 2.05) is 12.1 Å². The maximum absolute atomic E-state index is 12.2. The van der Waals surface area contributed by atoms with Crippen LogP contribution in [-0.2, 0) is 11.2 Å². The molecule has 0 aromatic heterocycles. The minimum atomic E-state index is -0.572. The molecule has 0 aliphatic rings. The Morgan fingerprint density at radius 1 is 1.13 bits per heavy atom. The molecule has 0 unspecified atom stereocenters. The van der Waals surface area contributed by atoms with E-state index in [1.54, 1.807) is 51.5 Å². The molecule has 23 heavy (non-hydrogen) atoms. The standard InChI is InChI=1S/C18H21NO4/c1-12(20)14-5-4-6-15(11-14)19-18(21)10-13-7-8-16(22-2)17(9-13)23-3/h4-9,11-12,20H,10H2,1-3H3,(H,19,21)/t12-/m0/s1. The van der Waals surface area contributed by atoms with Gasteiger partial charge in [0.05, 0.1) is 26.7 Å². The second-order valence-electron chi connectivity index (χ2n) is 5.22. The van der Waals surface area contributed by atoms with Gasteiger partial charge in [0.2, 0.25) is 5.91 Å². The Balaban J connectivity index is 2.06. The third-order valence-electron chi connectivity index (χ3n) is 3.47. The lowest BCUT2D eigenvalue weighted by Gasteiger charge is -2.11. The van der Waals surface area contributed by atoms with Gasteiger partial charge in [-0.1, -0.05) is 18.2 Å². The van der Waals surface area contributed by atoms with Crippen molar-refractivity contribution in [1.82, 2.24) is 0 Å². The molecule has 0 saturated heterocycles. The van der Waals surface area contributed by atoms with Crippen molar-refractivity contribution in [2.75, 3.05) is 19.5 Å². The number of carbonyl (C=O) groups is 1. The molecule has 0 heterocycles. The van der Waals surface area contributed by atoms with Gasteiger partial charge < -0.3 is 19.9 Å². The SMILES string of the molecule is COc1ccc(CC(=O)Nc2cccc([C@H](C)O)c2)cc1OC. The Bertz CT molecular complexity index is 682. The number of aliphatic hydroxyl groups excluding tert-OH is 1. The summed E-state index contributed by atoms with van der Waals surface area (Å²) < 4.78 is 10.4. The third-order valence-corrected chi connectivity index (χ3v) is 3.47. The van der Waals surface area contributed by atoms with Crippen molar-refractivity contribution in [3.63, 3.8) is 0 Å². The van der Waals surface area contributed by atoms with E-state index in [4.69, 9.17) is 9.47 Å². The Morgan fingerprint density at radius 3 is 2.52 bits per heavy atom. The summed E-state index contributed by atoms with van der Waals surface area (Å²) in [6, 6.07) is 12.5. The highest BCUT2D eigenvalue weighted by atomic mass is 16.5. The lowest BCUT2D eigenvalue weighted by atomic mass is 10.1. The number of hydrogen-bond donors (Lipinski definition) is 2. The Kier molecular flexibility index (Phi) is 5.60. The first-order valence-electron chi connectivity index (χ1n) is 7.32. The van der Waals surface area contributed by atoms with Crippen molar-refractivity contribution >= 4 is 11.6 Å². The van der Waals surface area contributed by atoms with Crippen molar-refractivity contribution in [2.24, 2.45) is 0 Å².